The molecule has 22 heavy (non-hydrogen) atoms. The second-order valence-electron chi connectivity index (χ2n) is 5.84. The number of hydrogen-bond donors (Lipinski definition) is 0. The van der Waals surface area contributed by atoms with Crippen molar-refractivity contribution in [3.05, 3.63) is 46.3 Å². The van der Waals surface area contributed by atoms with E-state index in [2.05, 4.69) is 10.0 Å². The molecule has 0 saturated carbocycles. The highest BCUT2D eigenvalue weighted by molar-refractivity contribution is 5.13. The van der Waals surface area contributed by atoms with Gasteiger partial charge in [-0.25, -0.2) is 0 Å². The normalized spacial score (nSPS) is 32.5. The van der Waals surface area contributed by atoms with Crippen molar-refractivity contribution < 1.29 is 18.9 Å². The molecule has 0 amide bonds. The smallest absolute Gasteiger partial charge is 0.188 e. The maximum Gasteiger partial charge on any atom is 0.188 e. The van der Waals surface area contributed by atoms with Gasteiger partial charge in [-0.15, -0.1) is 0 Å². The summed E-state index contributed by atoms with van der Waals surface area (Å²) in [7, 11) is 0. The molecule has 2 saturated heterocycles. The summed E-state index contributed by atoms with van der Waals surface area (Å²) in [6, 6.07) is 9.41. The zero-order valence-electron chi connectivity index (χ0n) is 12.6. The van der Waals surface area contributed by atoms with E-state index in [4.69, 9.17) is 24.5 Å². The van der Waals surface area contributed by atoms with Gasteiger partial charge in [0.2, 0.25) is 0 Å². The van der Waals surface area contributed by atoms with E-state index in [9.17, 15) is 0 Å². The molecule has 2 heterocycles. The van der Waals surface area contributed by atoms with Gasteiger partial charge in [0.1, 0.15) is 6.10 Å². The quantitative estimate of drug-likeness (QED) is 0.475. The van der Waals surface area contributed by atoms with Crippen molar-refractivity contribution >= 4 is 0 Å². The lowest BCUT2D eigenvalue weighted by atomic mass is 10.1. The molecule has 0 spiro atoms. The number of hydrogen-bond acceptors (Lipinski definition) is 5. The summed E-state index contributed by atoms with van der Waals surface area (Å²) in [4.78, 5) is 2.90. The molecule has 4 atom stereocenters. The predicted octanol–water partition coefficient (Wildman–Crippen LogP) is 2.76. The van der Waals surface area contributed by atoms with Crippen molar-refractivity contribution in [1.82, 2.24) is 0 Å². The maximum absolute atomic E-state index is 8.76. The first-order valence-electron chi connectivity index (χ1n) is 7.26. The standard InChI is InChI=1S/C15H19N3O4/c1-15(2)21-13-12(17-18-16)11(20-14(13)22-15)9-19-8-10-6-4-3-5-7-10/h3-7,11-14H,8-9H2,1-2H3/t11-,12?,13+,14+/m1/s1. The Morgan fingerprint density at radius 3 is 2.77 bits per heavy atom. The van der Waals surface area contributed by atoms with Gasteiger partial charge in [-0.05, 0) is 24.9 Å². The lowest BCUT2D eigenvalue weighted by molar-refractivity contribution is -0.211. The van der Waals surface area contributed by atoms with E-state index in [1.165, 1.54) is 0 Å². The number of benzene rings is 1. The molecule has 1 unspecified atom stereocenters. The lowest BCUT2D eigenvalue weighted by Crippen LogP contribution is -2.35. The van der Waals surface area contributed by atoms with Crippen LogP contribution in [-0.2, 0) is 25.6 Å². The lowest BCUT2D eigenvalue weighted by Gasteiger charge is -2.23. The minimum atomic E-state index is -0.728. The second kappa shape index (κ2) is 6.24. The minimum absolute atomic E-state index is 0.318. The van der Waals surface area contributed by atoms with Gasteiger partial charge in [0.15, 0.2) is 12.1 Å². The number of fused-ring (bicyclic) bond motifs is 1. The van der Waals surface area contributed by atoms with Crippen molar-refractivity contribution in [3.8, 4) is 0 Å². The van der Waals surface area contributed by atoms with Crippen LogP contribution in [-0.4, -0.2) is 36.9 Å². The van der Waals surface area contributed by atoms with Crippen molar-refractivity contribution in [2.45, 2.75) is 50.8 Å². The predicted molar refractivity (Wildman–Crippen MR) is 77.7 cm³/mol. The first-order valence-corrected chi connectivity index (χ1v) is 7.26. The van der Waals surface area contributed by atoms with Gasteiger partial charge in [-0.1, -0.05) is 35.4 Å². The first kappa shape index (κ1) is 15.3. The first-order chi connectivity index (χ1) is 10.6. The van der Waals surface area contributed by atoms with Gasteiger partial charge < -0.3 is 18.9 Å². The molecule has 1 aromatic carbocycles. The number of rotatable bonds is 5. The van der Waals surface area contributed by atoms with Gasteiger partial charge >= 0.3 is 0 Å². The van der Waals surface area contributed by atoms with Crippen LogP contribution in [0.1, 0.15) is 19.4 Å². The van der Waals surface area contributed by atoms with Crippen LogP contribution >= 0.6 is 0 Å². The topological polar surface area (TPSA) is 85.7 Å². The summed E-state index contributed by atoms with van der Waals surface area (Å²) in [5.41, 5.74) is 9.84. The molecule has 0 bridgehead atoms. The molecule has 2 aliphatic rings. The molecular formula is C15H19N3O4. The van der Waals surface area contributed by atoms with Gasteiger partial charge in [-0.3, -0.25) is 0 Å². The maximum atomic E-state index is 8.76. The Balaban J connectivity index is 1.58. The third kappa shape index (κ3) is 3.24. The molecule has 0 aromatic heterocycles. The number of nitrogens with zero attached hydrogens (tertiary/aromatic N) is 3. The van der Waals surface area contributed by atoms with Crippen LogP contribution in [0.4, 0.5) is 0 Å². The van der Waals surface area contributed by atoms with Crippen LogP contribution in [0, 0.1) is 0 Å². The Morgan fingerprint density at radius 2 is 2.05 bits per heavy atom. The van der Waals surface area contributed by atoms with Crippen LogP contribution in [0.5, 0.6) is 0 Å². The summed E-state index contributed by atoms with van der Waals surface area (Å²) < 4.78 is 22.9. The van der Waals surface area contributed by atoms with E-state index in [1.54, 1.807) is 0 Å². The van der Waals surface area contributed by atoms with Crippen LogP contribution in [0.15, 0.2) is 35.4 Å². The van der Waals surface area contributed by atoms with E-state index in [0.717, 1.165) is 5.56 Å². The number of azide groups is 1. The van der Waals surface area contributed by atoms with Crippen LogP contribution in [0.25, 0.3) is 10.4 Å². The average Bonchev–Trinajstić information content (AvgIpc) is 2.94. The molecule has 7 heteroatoms. The Hall–Kier alpha value is -1.63. The third-order valence-electron chi connectivity index (χ3n) is 3.69. The zero-order valence-corrected chi connectivity index (χ0v) is 12.6. The Kier molecular flexibility index (Phi) is 4.33. The second-order valence-corrected chi connectivity index (χ2v) is 5.84. The highest BCUT2D eigenvalue weighted by Gasteiger charge is 2.54. The molecule has 2 fully saturated rings. The highest BCUT2D eigenvalue weighted by atomic mass is 16.8. The van der Waals surface area contributed by atoms with E-state index < -0.39 is 24.2 Å². The van der Waals surface area contributed by atoms with E-state index in [1.807, 2.05) is 44.2 Å². The molecular weight excluding hydrogens is 286 g/mol. The summed E-state index contributed by atoms with van der Waals surface area (Å²) in [5.74, 6) is -0.728. The van der Waals surface area contributed by atoms with Gasteiger partial charge in [0.25, 0.3) is 0 Å². The molecule has 1 aromatic rings. The fraction of sp³-hybridized carbons (Fsp3) is 0.600. The van der Waals surface area contributed by atoms with Gasteiger partial charge in [-0.2, -0.15) is 0 Å². The van der Waals surface area contributed by atoms with Crippen molar-refractivity contribution in [3.63, 3.8) is 0 Å². The SMILES string of the molecule is CC1(C)O[C@@H]2O[C@H](COCc3ccccc3)C(N=[N+]=[N-])[C@@H]2O1. The van der Waals surface area contributed by atoms with Crippen LogP contribution in [0.2, 0.25) is 0 Å². The minimum Gasteiger partial charge on any atom is -0.374 e. The van der Waals surface area contributed by atoms with E-state index in [-0.39, 0.29) is 6.10 Å². The summed E-state index contributed by atoms with van der Waals surface area (Å²) in [6.45, 7) is 4.41. The van der Waals surface area contributed by atoms with Crippen LogP contribution < -0.4 is 0 Å². The largest absolute Gasteiger partial charge is 0.374 e. The Labute approximate surface area is 128 Å². The molecule has 0 aliphatic carbocycles. The van der Waals surface area contributed by atoms with Gasteiger partial charge in [0, 0.05) is 4.91 Å². The van der Waals surface area contributed by atoms with Crippen molar-refractivity contribution in [2.24, 2.45) is 5.11 Å². The van der Waals surface area contributed by atoms with Crippen molar-refractivity contribution in [1.29, 1.82) is 0 Å². The van der Waals surface area contributed by atoms with E-state index >= 15 is 0 Å². The monoisotopic (exact) mass is 305 g/mol. The molecule has 118 valence electrons. The average molecular weight is 305 g/mol. The third-order valence-corrected chi connectivity index (χ3v) is 3.69. The molecule has 0 radical (unpaired) electrons. The van der Waals surface area contributed by atoms with Crippen molar-refractivity contribution in [2.75, 3.05) is 6.61 Å². The highest BCUT2D eigenvalue weighted by Crippen LogP contribution is 2.38. The fourth-order valence-electron chi connectivity index (χ4n) is 2.76. The Morgan fingerprint density at radius 1 is 1.27 bits per heavy atom. The zero-order chi connectivity index (χ0) is 15.6. The Bertz CT molecular complexity index is 559. The van der Waals surface area contributed by atoms with Gasteiger partial charge in [0.05, 0.1) is 25.4 Å². The fourth-order valence-corrected chi connectivity index (χ4v) is 2.76. The van der Waals surface area contributed by atoms with E-state index in [0.29, 0.717) is 13.2 Å². The van der Waals surface area contributed by atoms with Crippen LogP contribution in [0.3, 0.4) is 0 Å². The molecule has 0 N–H and O–H groups in total. The summed E-state index contributed by atoms with van der Waals surface area (Å²) in [6.07, 6.45) is -1.28. The summed E-state index contributed by atoms with van der Waals surface area (Å²) >= 11 is 0. The molecule has 7 nitrogen and oxygen atoms in total. The number of ether oxygens (including phenoxy) is 4. The summed E-state index contributed by atoms with van der Waals surface area (Å²) in [5, 5.41) is 3.81. The molecule has 3 rings (SSSR count). The molecule has 2 aliphatic heterocycles.